The number of hydrogen-bond acceptors (Lipinski definition) is 13. The van der Waals surface area contributed by atoms with Gasteiger partial charge in [0.15, 0.2) is 23.2 Å². The zero-order valence-corrected chi connectivity index (χ0v) is 30.6. The molecule has 0 aliphatic rings. The highest BCUT2D eigenvalue weighted by Crippen LogP contribution is 2.33. The summed E-state index contributed by atoms with van der Waals surface area (Å²) in [6.45, 7) is 6.67. The van der Waals surface area contributed by atoms with E-state index in [-0.39, 0.29) is 72.2 Å². The summed E-state index contributed by atoms with van der Waals surface area (Å²) in [4.78, 5) is 68.7. The molecule has 0 aliphatic heterocycles. The van der Waals surface area contributed by atoms with E-state index in [0.29, 0.717) is 51.8 Å². The number of nitrogens with one attached hydrogen (secondary N) is 2. The van der Waals surface area contributed by atoms with Gasteiger partial charge < -0.3 is 44.0 Å². The van der Waals surface area contributed by atoms with Crippen molar-refractivity contribution in [3.8, 4) is 11.5 Å². The van der Waals surface area contributed by atoms with Gasteiger partial charge in [-0.1, -0.05) is 12.2 Å². The number of nitrogens with two attached hydrogens (primary N) is 2. The number of aliphatic hydroxyl groups is 1. The summed E-state index contributed by atoms with van der Waals surface area (Å²) >= 11 is 0. The number of aliphatic hydroxyl groups excluding tert-OH is 1. The number of aryl methyl sites for hydroxylation is 4. The van der Waals surface area contributed by atoms with Gasteiger partial charge in [0.1, 0.15) is 34.1 Å². The van der Waals surface area contributed by atoms with Gasteiger partial charge in [-0.05, 0) is 38.1 Å². The number of anilines is 2. The minimum Gasteiger partial charge on any atom is -0.494 e. The molecule has 286 valence electrons. The highest BCUT2D eigenvalue weighted by molar-refractivity contribution is 6.05. The summed E-state index contributed by atoms with van der Waals surface area (Å²) in [6, 6.07) is 5.92. The van der Waals surface area contributed by atoms with E-state index in [2.05, 4.69) is 30.6 Å². The Bertz CT molecular complexity index is 2510. The predicted octanol–water partition coefficient (Wildman–Crippen LogP) is 3.32. The molecule has 0 bridgehead atoms. The van der Waals surface area contributed by atoms with Crippen LogP contribution in [0.15, 0.2) is 45.3 Å². The van der Waals surface area contributed by atoms with Crippen molar-refractivity contribution < 1.29 is 42.6 Å². The van der Waals surface area contributed by atoms with Crippen LogP contribution in [0.5, 0.6) is 11.5 Å². The van der Waals surface area contributed by atoms with Crippen LogP contribution in [-0.2, 0) is 13.1 Å². The molecule has 0 radical (unpaired) electrons. The Morgan fingerprint density at radius 3 is 1.60 bits per heavy atom. The number of oxazole rings is 2. The zero-order valence-electron chi connectivity index (χ0n) is 30.6. The number of carbonyl (C=O) groups is 4. The lowest BCUT2D eigenvalue weighted by Crippen LogP contribution is -2.18. The first-order valence-electron chi connectivity index (χ1n) is 16.9. The molecule has 0 unspecified atom stereocenters. The second kappa shape index (κ2) is 15.5. The number of hydrogen-bond donors (Lipinski definition) is 5. The fraction of sp³-hybridized carbons (Fsp3) is 0.278. The second-order valence-corrected chi connectivity index (χ2v) is 12.3. The number of imidazole rings is 2. The third-order valence-corrected chi connectivity index (χ3v) is 8.39. The number of amides is 4. The maximum absolute atomic E-state index is 13.4. The van der Waals surface area contributed by atoms with Crippen LogP contribution in [0, 0.1) is 27.7 Å². The highest BCUT2D eigenvalue weighted by atomic mass is 16.5. The van der Waals surface area contributed by atoms with E-state index in [4.69, 9.17) is 29.8 Å². The quantitative estimate of drug-likeness (QED) is 0.0745. The summed E-state index contributed by atoms with van der Waals surface area (Å²) in [5.74, 6) is -0.591. The van der Waals surface area contributed by atoms with E-state index in [0.717, 1.165) is 0 Å². The Morgan fingerprint density at radius 2 is 1.20 bits per heavy atom. The van der Waals surface area contributed by atoms with Gasteiger partial charge >= 0.3 is 0 Å². The average molecular weight is 755 g/mol. The van der Waals surface area contributed by atoms with Crippen molar-refractivity contribution in [1.82, 2.24) is 29.1 Å². The Labute approximate surface area is 312 Å². The monoisotopic (exact) mass is 754 g/mol. The number of fused-ring (bicyclic) bond motifs is 2. The van der Waals surface area contributed by atoms with Gasteiger partial charge in [0.25, 0.3) is 11.8 Å². The number of methoxy groups -OCH3 is 1. The van der Waals surface area contributed by atoms with Crippen LogP contribution in [-0.4, -0.2) is 78.1 Å². The Morgan fingerprint density at radius 1 is 0.745 bits per heavy atom. The van der Waals surface area contributed by atoms with Crippen molar-refractivity contribution in [3.05, 3.63) is 82.2 Å². The fourth-order valence-electron chi connectivity index (χ4n) is 5.96. The molecule has 4 aromatic heterocycles. The molecule has 55 heavy (non-hydrogen) atoms. The van der Waals surface area contributed by atoms with Gasteiger partial charge in [-0.15, -0.1) is 0 Å². The molecule has 4 amide bonds. The van der Waals surface area contributed by atoms with Crippen LogP contribution in [0.3, 0.4) is 0 Å². The van der Waals surface area contributed by atoms with E-state index in [9.17, 15) is 24.3 Å². The largest absolute Gasteiger partial charge is 0.494 e. The molecule has 0 saturated heterocycles. The zero-order chi connectivity index (χ0) is 39.6. The van der Waals surface area contributed by atoms with Crippen LogP contribution in [0.4, 0.5) is 11.9 Å². The molecule has 0 atom stereocenters. The standard InChI is InChI=1S/C36H38N10O9/c1-17-27(39-19(3)54-17)33(50)43-35-41-23-13-21(31(37)48)15-25(52-5)29(23)45(35)9-6-7-10-46-30-24(14-22(32(38)49)16-26(30)53-12-8-11-47)42-36(46)44-34(51)28-18(2)55-20(4)40-28/h6-7,13-16,47H,8-12H2,1-5H3,(H2,37,48)(H2,38,49)(H,41,43,50)(H,42,44,51). The number of rotatable bonds is 15. The molecule has 0 spiro atoms. The minimum absolute atomic E-state index is 0.0647. The molecule has 4 heterocycles. The maximum atomic E-state index is 13.4. The van der Waals surface area contributed by atoms with Crippen LogP contribution < -0.4 is 31.6 Å². The summed E-state index contributed by atoms with van der Waals surface area (Å²) < 4.78 is 25.8. The summed E-state index contributed by atoms with van der Waals surface area (Å²) in [5.41, 5.74) is 13.1. The van der Waals surface area contributed by atoms with E-state index in [1.54, 1.807) is 49.0 Å². The van der Waals surface area contributed by atoms with Gasteiger partial charge in [-0.25, -0.2) is 19.9 Å². The second-order valence-electron chi connectivity index (χ2n) is 12.3. The minimum atomic E-state index is -0.717. The number of ether oxygens (including phenoxy) is 2. The number of carbonyl (C=O) groups excluding carboxylic acids is 4. The number of primary amides is 2. The van der Waals surface area contributed by atoms with E-state index in [1.807, 2.05) is 0 Å². The summed E-state index contributed by atoms with van der Waals surface area (Å²) in [5, 5.41) is 15.0. The van der Waals surface area contributed by atoms with Gasteiger partial charge in [0.05, 0.1) is 24.8 Å². The van der Waals surface area contributed by atoms with E-state index < -0.39 is 23.6 Å². The first-order chi connectivity index (χ1) is 26.3. The smallest absolute Gasteiger partial charge is 0.280 e. The van der Waals surface area contributed by atoms with Gasteiger partial charge in [0, 0.05) is 51.1 Å². The van der Waals surface area contributed by atoms with Crippen LogP contribution in [0.2, 0.25) is 0 Å². The Hall–Kier alpha value is -7.02. The molecule has 19 heteroatoms. The molecular weight excluding hydrogens is 716 g/mol. The van der Waals surface area contributed by atoms with Crippen molar-refractivity contribution in [2.75, 3.05) is 31.0 Å². The normalized spacial score (nSPS) is 11.5. The third-order valence-electron chi connectivity index (χ3n) is 8.39. The lowest BCUT2D eigenvalue weighted by molar-refractivity contribution is 0.0991. The summed E-state index contributed by atoms with van der Waals surface area (Å²) in [6.07, 6.45) is 3.85. The Kier molecular flexibility index (Phi) is 10.7. The molecule has 19 nitrogen and oxygen atoms in total. The first kappa shape index (κ1) is 37.7. The first-order valence-corrected chi connectivity index (χ1v) is 16.9. The van der Waals surface area contributed by atoms with Gasteiger partial charge in [-0.2, -0.15) is 0 Å². The maximum Gasteiger partial charge on any atom is 0.280 e. The van der Waals surface area contributed by atoms with Gasteiger partial charge in [0.2, 0.25) is 23.7 Å². The fourth-order valence-corrected chi connectivity index (χ4v) is 5.96. The number of aromatic nitrogens is 6. The SMILES string of the molecule is COc1cc(C(N)=O)cc2nc(NC(=O)c3nc(C)oc3C)n(CC=CCn3c(NC(=O)c4nc(C)oc4C)nc4cc(C(N)=O)cc(OCCCO)c43)c12. The topological polar surface area (TPSA) is 271 Å². The lowest BCUT2D eigenvalue weighted by Gasteiger charge is -2.13. The number of benzene rings is 2. The number of nitrogens with zero attached hydrogens (tertiary/aromatic N) is 6. The van der Waals surface area contributed by atoms with Crippen molar-refractivity contribution in [2.24, 2.45) is 11.5 Å². The van der Waals surface area contributed by atoms with Crippen molar-refractivity contribution in [3.63, 3.8) is 0 Å². The number of allylic oxidation sites excluding steroid dienone is 2. The van der Waals surface area contributed by atoms with E-state index >= 15 is 0 Å². The van der Waals surface area contributed by atoms with Gasteiger partial charge in [-0.3, -0.25) is 29.8 Å². The van der Waals surface area contributed by atoms with Crippen molar-refractivity contribution >= 4 is 57.6 Å². The van der Waals surface area contributed by atoms with Crippen molar-refractivity contribution in [2.45, 2.75) is 47.2 Å². The van der Waals surface area contributed by atoms with E-state index in [1.165, 1.54) is 31.4 Å². The molecule has 6 aromatic rings. The molecule has 0 fully saturated rings. The van der Waals surface area contributed by atoms with Crippen LogP contribution in [0.25, 0.3) is 22.1 Å². The third kappa shape index (κ3) is 7.72. The van der Waals surface area contributed by atoms with Crippen LogP contribution >= 0.6 is 0 Å². The summed E-state index contributed by atoms with van der Waals surface area (Å²) in [7, 11) is 1.43. The lowest BCUT2D eigenvalue weighted by atomic mass is 10.1. The molecule has 6 rings (SSSR count). The molecule has 0 saturated carbocycles. The average Bonchev–Trinajstić information content (AvgIpc) is 3.87. The van der Waals surface area contributed by atoms with Crippen LogP contribution in [0.1, 0.15) is 71.4 Å². The predicted molar refractivity (Wildman–Crippen MR) is 197 cm³/mol. The van der Waals surface area contributed by atoms with Crippen molar-refractivity contribution in [1.29, 1.82) is 0 Å². The highest BCUT2D eigenvalue weighted by Gasteiger charge is 2.24. The Balaban J connectivity index is 1.41. The molecule has 2 aromatic carbocycles. The molecule has 0 aliphatic carbocycles. The molecular formula is C36H38N10O9. The molecule has 7 N–H and O–H groups in total.